The minimum atomic E-state index is -0.642. The van der Waals surface area contributed by atoms with Gasteiger partial charge >= 0.3 is 0 Å². The summed E-state index contributed by atoms with van der Waals surface area (Å²) in [6, 6.07) is 8.03. The fraction of sp³-hybridized carbons (Fsp3) is 0.0556. The molecule has 0 bridgehead atoms. The van der Waals surface area contributed by atoms with E-state index in [1.807, 2.05) is 0 Å². The highest BCUT2D eigenvalue weighted by atomic mass is 79.9. The molecule has 1 amide bonds. The molecular formula is C18H10Br2Cl2N6O2. The van der Waals surface area contributed by atoms with Crippen LogP contribution in [0.1, 0.15) is 16.3 Å². The number of carbonyl (C=O) groups is 1. The standard InChI is InChI=1S/C18H10Br2Cl2N6O2/c1-8-24-15-10(5-9(19)6-11(15)20)18(30)27(8)26-17(29)13-7-14(22)25-28(13)16-12(21)3-2-4-23-16/h2-7H,1H3,(H,26,29). The molecule has 4 aromatic rings. The first-order valence-corrected chi connectivity index (χ1v) is 10.7. The number of hydrogen-bond acceptors (Lipinski definition) is 5. The van der Waals surface area contributed by atoms with Crippen LogP contribution in [0.25, 0.3) is 16.7 Å². The average Bonchev–Trinajstić information content (AvgIpc) is 3.08. The van der Waals surface area contributed by atoms with Crippen LogP contribution >= 0.6 is 55.1 Å². The number of hydrogen-bond donors (Lipinski definition) is 1. The van der Waals surface area contributed by atoms with Crippen molar-refractivity contribution >= 4 is 71.9 Å². The van der Waals surface area contributed by atoms with Gasteiger partial charge in [-0.05, 0) is 47.1 Å². The van der Waals surface area contributed by atoms with Gasteiger partial charge in [-0.1, -0.05) is 39.1 Å². The van der Waals surface area contributed by atoms with Crippen molar-refractivity contribution < 1.29 is 4.79 Å². The van der Waals surface area contributed by atoms with E-state index >= 15 is 0 Å². The van der Waals surface area contributed by atoms with Gasteiger partial charge in [0.05, 0.1) is 15.9 Å². The second-order valence-electron chi connectivity index (χ2n) is 6.10. The van der Waals surface area contributed by atoms with E-state index < -0.39 is 11.5 Å². The molecule has 0 aliphatic carbocycles. The van der Waals surface area contributed by atoms with Crippen molar-refractivity contribution in [3.05, 3.63) is 77.5 Å². The largest absolute Gasteiger partial charge is 0.289 e. The quantitative estimate of drug-likeness (QED) is 0.390. The summed E-state index contributed by atoms with van der Waals surface area (Å²) in [5.74, 6) is -0.127. The summed E-state index contributed by atoms with van der Waals surface area (Å²) < 4.78 is 3.62. The van der Waals surface area contributed by atoms with Gasteiger partial charge in [0.2, 0.25) is 0 Å². The summed E-state index contributed by atoms with van der Waals surface area (Å²) in [5.41, 5.74) is 2.64. The summed E-state index contributed by atoms with van der Waals surface area (Å²) >= 11 is 18.9. The first-order chi connectivity index (χ1) is 14.3. The maximum Gasteiger partial charge on any atom is 0.289 e. The fourth-order valence-corrected chi connectivity index (χ4v) is 4.52. The zero-order valence-corrected chi connectivity index (χ0v) is 19.7. The third-order valence-corrected chi connectivity index (χ3v) is 5.67. The van der Waals surface area contributed by atoms with Crippen LogP contribution in [0.2, 0.25) is 10.2 Å². The van der Waals surface area contributed by atoms with Gasteiger partial charge in [0.25, 0.3) is 11.5 Å². The molecule has 0 saturated heterocycles. The lowest BCUT2D eigenvalue weighted by Gasteiger charge is -2.13. The molecule has 1 aromatic carbocycles. The third-order valence-electron chi connectivity index (χ3n) is 4.12. The molecule has 0 atom stereocenters. The maximum atomic E-state index is 13.0. The Morgan fingerprint density at radius 2 is 1.97 bits per heavy atom. The molecule has 0 unspecified atom stereocenters. The minimum absolute atomic E-state index is 0.0439. The number of nitrogens with zero attached hydrogens (tertiary/aromatic N) is 5. The van der Waals surface area contributed by atoms with E-state index in [0.29, 0.717) is 19.8 Å². The fourth-order valence-electron chi connectivity index (χ4n) is 2.82. The Balaban J connectivity index is 1.80. The number of rotatable bonds is 3. The van der Waals surface area contributed by atoms with Crippen molar-refractivity contribution in [1.82, 2.24) is 24.4 Å². The minimum Gasteiger partial charge on any atom is -0.267 e. The molecule has 4 rings (SSSR count). The van der Waals surface area contributed by atoms with Crippen LogP contribution in [0.15, 0.2) is 50.3 Å². The van der Waals surface area contributed by atoms with E-state index in [9.17, 15) is 9.59 Å². The predicted molar refractivity (Wildman–Crippen MR) is 121 cm³/mol. The summed E-state index contributed by atoms with van der Waals surface area (Å²) in [6.07, 6.45) is 1.51. The number of carbonyl (C=O) groups excluding carboxylic acids is 1. The summed E-state index contributed by atoms with van der Waals surface area (Å²) in [7, 11) is 0. The third kappa shape index (κ3) is 3.76. The molecule has 1 N–H and O–H groups in total. The van der Waals surface area contributed by atoms with Crippen LogP contribution < -0.4 is 11.0 Å². The van der Waals surface area contributed by atoms with Gasteiger partial charge in [-0.25, -0.2) is 19.3 Å². The predicted octanol–water partition coefficient (Wildman–Crippen LogP) is 4.50. The highest BCUT2D eigenvalue weighted by Gasteiger charge is 2.21. The van der Waals surface area contributed by atoms with Crippen LogP contribution in [0.4, 0.5) is 0 Å². The Morgan fingerprint density at radius 3 is 2.70 bits per heavy atom. The van der Waals surface area contributed by atoms with Crippen LogP contribution in [-0.2, 0) is 0 Å². The van der Waals surface area contributed by atoms with Gasteiger partial charge in [-0.15, -0.1) is 0 Å². The van der Waals surface area contributed by atoms with Crippen molar-refractivity contribution in [3.8, 4) is 5.82 Å². The van der Waals surface area contributed by atoms with E-state index in [1.54, 1.807) is 31.2 Å². The molecule has 0 aliphatic heterocycles. The van der Waals surface area contributed by atoms with Crippen molar-refractivity contribution in [3.63, 3.8) is 0 Å². The molecule has 0 aliphatic rings. The monoisotopic (exact) mass is 570 g/mol. The van der Waals surface area contributed by atoms with E-state index in [1.165, 1.54) is 16.9 Å². The number of benzene rings is 1. The number of aryl methyl sites for hydroxylation is 1. The van der Waals surface area contributed by atoms with E-state index in [2.05, 4.69) is 52.4 Å². The summed E-state index contributed by atoms with van der Waals surface area (Å²) in [6.45, 7) is 1.61. The molecule has 0 fully saturated rings. The molecule has 30 heavy (non-hydrogen) atoms. The Morgan fingerprint density at radius 1 is 1.20 bits per heavy atom. The molecular weight excluding hydrogens is 563 g/mol. The summed E-state index contributed by atoms with van der Waals surface area (Å²) in [4.78, 5) is 34.6. The van der Waals surface area contributed by atoms with E-state index in [4.69, 9.17) is 23.2 Å². The number of fused-ring (bicyclic) bond motifs is 1. The normalized spacial score (nSPS) is 11.1. The number of aromatic nitrogens is 5. The lowest BCUT2D eigenvalue weighted by atomic mass is 10.2. The molecule has 0 radical (unpaired) electrons. The van der Waals surface area contributed by atoms with E-state index in [0.717, 1.165) is 4.68 Å². The van der Waals surface area contributed by atoms with Crippen molar-refractivity contribution in [2.24, 2.45) is 0 Å². The second-order valence-corrected chi connectivity index (χ2v) is 8.66. The Bertz CT molecular complexity index is 1390. The number of halogens is 4. The molecule has 8 nitrogen and oxygen atoms in total. The van der Waals surface area contributed by atoms with Crippen molar-refractivity contribution in [2.45, 2.75) is 6.92 Å². The van der Waals surface area contributed by atoms with Gasteiger partial charge in [0.15, 0.2) is 11.0 Å². The van der Waals surface area contributed by atoms with E-state index in [-0.39, 0.29) is 27.5 Å². The van der Waals surface area contributed by atoms with Crippen molar-refractivity contribution in [1.29, 1.82) is 0 Å². The highest BCUT2D eigenvalue weighted by Crippen LogP contribution is 2.25. The first-order valence-electron chi connectivity index (χ1n) is 8.32. The molecule has 3 heterocycles. The Hall–Kier alpha value is -2.27. The number of pyridine rings is 1. The Kier molecular flexibility index (Phi) is 5.67. The average molecular weight is 573 g/mol. The van der Waals surface area contributed by atoms with Crippen LogP contribution in [0.3, 0.4) is 0 Å². The molecule has 0 saturated carbocycles. The topological polar surface area (TPSA) is 94.7 Å². The second kappa shape index (κ2) is 8.10. The molecule has 0 spiro atoms. The first kappa shape index (κ1) is 21.0. The molecule has 3 aromatic heterocycles. The molecule has 152 valence electrons. The van der Waals surface area contributed by atoms with Crippen LogP contribution in [0.5, 0.6) is 0 Å². The van der Waals surface area contributed by atoms with Gasteiger partial charge < -0.3 is 0 Å². The van der Waals surface area contributed by atoms with Gasteiger partial charge in [-0.2, -0.15) is 5.10 Å². The van der Waals surface area contributed by atoms with Gasteiger partial charge in [0, 0.05) is 21.2 Å². The smallest absolute Gasteiger partial charge is 0.267 e. The van der Waals surface area contributed by atoms with Crippen LogP contribution in [-0.4, -0.2) is 30.3 Å². The van der Waals surface area contributed by atoms with Gasteiger partial charge in [0.1, 0.15) is 11.5 Å². The Labute approximate surface area is 196 Å². The SMILES string of the molecule is Cc1nc2c(Br)cc(Br)cc2c(=O)n1NC(=O)c1cc(Cl)nn1-c1ncccc1Cl. The zero-order chi connectivity index (χ0) is 21.6. The zero-order valence-electron chi connectivity index (χ0n) is 15.0. The summed E-state index contributed by atoms with van der Waals surface area (Å²) in [5, 5.41) is 4.75. The number of amides is 1. The van der Waals surface area contributed by atoms with Gasteiger partial charge in [-0.3, -0.25) is 15.0 Å². The van der Waals surface area contributed by atoms with Crippen molar-refractivity contribution in [2.75, 3.05) is 5.43 Å². The lowest BCUT2D eigenvalue weighted by Crippen LogP contribution is -2.36. The van der Waals surface area contributed by atoms with Crippen LogP contribution in [0, 0.1) is 6.92 Å². The molecule has 12 heteroatoms. The number of nitrogens with one attached hydrogen (secondary N) is 1. The highest BCUT2D eigenvalue weighted by molar-refractivity contribution is 9.11. The maximum absolute atomic E-state index is 13.0. The lowest BCUT2D eigenvalue weighted by molar-refractivity contribution is 0.0998.